The molecule has 0 saturated carbocycles. The highest BCUT2D eigenvalue weighted by molar-refractivity contribution is 6.06. The lowest BCUT2D eigenvalue weighted by molar-refractivity contribution is 0.102. The van der Waals surface area contributed by atoms with E-state index in [1.165, 1.54) is 18.4 Å². The van der Waals surface area contributed by atoms with Crippen molar-refractivity contribution in [1.29, 1.82) is 0 Å². The molecule has 0 aliphatic heterocycles. The molecular weight excluding hydrogens is 344 g/mol. The Hall–Kier alpha value is -3.07. The number of carbonyl (C=O) groups is 1. The third-order valence-electron chi connectivity index (χ3n) is 4.87. The Balaban J connectivity index is 1.69. The standard InChI is InChI=1S/C25H28N2O/c1-18(2)7-6-8-19-11-13-21(14-12-19)25(28)27-24-17-22(15-16-23(24)26)20-9-4-3-5-10-20/h3-5,9-18H,6-8,26H2,1-2H3,(H,27,28). The zero-order valence-electron chi connectivity index (χ0n) is 16.6. The van der Waals surface area contributed by atoms with E-state index >= 15 is 0 Å². The van der Waals surface area contributed by atoms with E-state index in [0.29, 0.717) is 16.9 Å². The lowest BCUT2D eigenvalue weighted by atomic mass is 10.0. The number of rotatable bonds is 7. The SMILES string of the molecule is CC(C)CCCc1ccc(C(=O)Nc2cc(-c3ccccc3)ccc2N)cc1. The molecule has 0 bridgehead atoms. The van der Waals surface area contributed by atoms with Crippen LogP contribution in [0.3, 0.4) is 0 Å². The second kappa shape index (κ2) is 9.23. The van der Waals surface area contributed by atoms with Crippen molar-refractivity contribution in [2.24, 2.45) is 5.92 Å². The van der Waals surface area contributed by atoms with Crippen LogP contribution in [-0.4, -0.2) is 5.91 Å². The number of hydrogen-bond acceptors (Lipinski definition) is 2. The lowest BCUT2D eigenvalue weighted by Crippen LogP contribution is -2.13. The van der Waals surface area contributed by atoms with Crippen molar-refractivity contribution in [3.63, 3.8) is 0 Å². The highest BCUT2D eigenvalue weighted by atomic mass is 16.1. The van der Waals surface area contributed by atoms with Gasteiger partial charge in [0.2, 0.25) is 0 Å². The molecule has 0 fully saturated rings. The monoisotopic (exact) mass is 372 g/mol. The lowest BCUT2D eigenvalue weighted by Gasteiger charge is -2.11. The molecule has 28 heavy (non-hydrogen) atoms. The van der Waals surface area contributed by atoms with Crippen LogP contribution in [0.5, 0.6) is 0 Å². The quantitative estimate of drug-likeness (QED) is 0.487. The molecule has 0 spiro atoms. The Morgan fingerprint density at radius 2 is 1.64 bits per heavy atom. The fourth-order valence-electron chi connectivity index (χ4n) is 3.21. The number of carbonyl (C=O) groups excluding carboxylic acids is 1. The molecule has 3 aromatic rings. The van der Waals surface area contributed by atoms with E-state index in [9.17, 15) is 4.79 Å². The molecule has 3 nitrogen and oxygen atoms in total. The van der Waals surface area contributed by atoms with E-state index in [4.69, 9.17) is 5.73 Å². The van der Waals surface area contributed by atoms with Crippen molar-refractivity contribution in [2.75, 3.05) is 11.1 Å². The Kier molecular flexibility index (Phi) is 6.49. The smallest absolute Gasteiger partial charge is 0.255 e. The van der Waals surface area contributed by atoms with Gasteiger partial charge in [0, 0.05) is 5.56 Å². The van der Waals surface area contributed by atoms with Crippen LogP contribution in [0, 0.1) is 5.92 Å². The van der Waals surface area contributed by atoms with E-state index in [2.05, 4.69) is 19.2 Å². The first-order valence-electron chi connectivity index (χ1n) is 9.88. The zero-order valence-corrected chi connectivity index (χ0v) is 16.6. The molecule has 0 aliphatic rings. The fraction of sp³-hybridized carbons (Fsp3) is 0.240. The number of aryl methyl sites for hydroxylation is 1. The molecule has 3 aromatic carbocycles. The van der Waals surface area contributed by atoms with Crippen molar-refractivity contribution in [2.45, 2.75) is 33.1 Å². The van der Waals surface area contributed by atoms with Crippen LogP contribution in [0.15, 0.2) is 72.8 Å². The number of benzene rings is 3. The van der Waals surface area contributed by atoms with Crippen molar-refractivity contribution in [1.82, 2.24) is 0 Å². The molecule has 0 aliphatic carbocycles. The molecule has 0 aromatic heterocycles. The van der Waals surface area contributed by atoms with Gasteiger partial charge in [-0.3, -0.25) is 4.79 Å². The summed E-state index contributed by atoms with van der Waals surface area (Å²) in [4.78, 5) is 12.7. The summed E-state index contributed by atoms with van der Waals surface area (Å²) in [5.41, 5.74) is 11.3. The summed E-state index contributed by atoms with van der Waals surface area (Å²) < 4.78 is 0. The molecule has 3 N–H and O–H groups in total. The number of nitrogens with two attached hydrogens (primary N) is 1. The van der Waals surface area contributed by atoms with Crippen molar-refractivity contribution in [3.05, 3.63) is 83.9 Å². The first kappa shape index (κ1) is 19.7. The first-order chi connectivity index (χ1) is 13.5. The second-order valence-corrected chi connectivity index (χ2v) is 7.61. The second-order valence-electron chi connectivity index (χ2n) is 7.61. The van der Waals surface area contributed by atoms with Gasteiger partial charge in [0.05, 0.1) is 11.4 Å². The van der Waals surface area contributed by atoms with Crippen LogP contribution >= 0.6 is 0 Å². The largest absolute Gasteiger partial charge is 0.397 e. The minimum absolute atomic E-state index is 0.148. The normalized spacial score (nSPS) is 10.8. The van der Waals surface area contributed by atoms with Gasteiger partial charge in [-0.2, -0.15) is 0 Å². The van der Waals surface area contributed by atoms with Crippen LogP contribution in [-0.2, 0) is 6.42 Å². The van der Waals surface area contributed by atoms with Gasteiger partial charge in [-0.05, 0) is 59.7 Å². The molecular formula is C25H28N2O. The number of nitrogens with one attached hydrogen (secondary N) is 1. The van der Waals surface area contributed by atoms with Gasteiger partial charge in [0.1, 0.15) is 0 Å². The molecule has 144 valence electrons. The highest BCUT2D eigenvalue weighted by Gasteiger charge is 2.10. The summed E-state index contributed by atoms with van der Waals surface area (Å²) in [5.74, 6) is 0.577. The van der Waals surface area contributed by atoms with E-state index in [-0.39, 0.29) is 5.91 Å². The molecule has 0 atom stereocenters. The number of amides is 1. The molecule has 0 heterocycles. The molecule has 3 heteroatoms. The summed E-state index contributed by atoms with van der Waals surface area (Å²) in [7, 11) is 0. The van der Waals surface area contributed by atoms with Gasteiger partial charge in [-0.1, -0.05) is 68.8 Å². The predicted molar refractivity (Wildman–Crippen MR) is 118 cm³/mol. The number of anilines is 2. The van der Waals surface area contributed by atoms with Gasteiger partial charge in [0.25, 0.3) is 5.91 Å². The fourth-order valence-corrected chi connectivity index (χ4v) is 3.21. The summed E-state index contributed by atoms with van der Waals surface area (Å²) in [6, 6.07) is 23.6. The van der Waals surface area contributed by atoms with Gasteiger partial charge in [-0.25, -0.2) is 0 Å². The Morgan fingerprint density at radius 3 is 2.32 bits per heavy atom. The van der Waals surface area contributed by atoms with Gasteiger partial charge >= 0.3 is 0 Å². The Labute approximate surface area is 167 Å². The summed E-state index contributed by atoms with van der Waals surface area (Å²) >= 11 is 0. The molecule has 1 amide bonds. The topological polar surface area (TPSA) is 55.1 Å². The van der Waals surface area contributed by atoms with Crippen LogP contribution in [0.4, 0.5) is 11.4 Å². The van der Waals surface area contributed by atoms with Crippen LogP contribution in [0.25, 0.3) is 11.1 Å². The number of hydrogen-bond donors (Lipinski definition) is 2. The molecule has 0 unspecified atom stereocenters. The maximum absolute atomic E-state index is 12.7. The average molecular weight is 373 g/mol. The summed E-state index contributed by atoms with van der Waals surface area (Å²) in [5, 5.41) is 2.95. The van der Waals surface area contributed by atoms with Crippen LogP contribution in [0.2, 0.25) is 0 Å². The van der Waals surface area contributed by atoms with E-state index in [1.807, 2.05) is 72.8 Å². The van der Waals surface area contributed by atoms with Crippen molar-refractivity contribution < 1.29 is 4.79 Å². The average Bonchev–Trinajstić information content (AvgIpc) is 2.70. The Bertz CT molecular complexity index is 915. The maximum Gasteiger partial charge on any atom is 0.255 e. The van der Waals surface area contributed by atoms with Crippen molar-refractivity contribution in [3.8, 4) is 11.1 Å². The minimum atomic E-state index is -0.148. The summed E-state index contributed by atoms with van der Waals surface area (Å²) in [6.07, 6.45) is 3.44. The van der Waals surface area contributed by atoms with E-state index in [1.54, 1.807) is 0 Å². The van der Waals surface area contributed by atoms with Crippen LogP contribution in [0.1, 0.15) is 42.6 Å². The first-order valence-corrected chi connectivity index (χ1v) is 9.88. The van der Waals surface area contributed by atoms with Gasteiger partial charge in [-0.15, -0.1) is 0 Å². The van der Waals surface area contributed by atoms with Crippen molar-refractivity contribution >= 4 is 17.3 Å². The Morgan fingerprint density at radius 1 is 0.929 bits per heavy atom. The highest BCUT2D eigenvalue weighted by Crippen LogP contribution is 2.27. The molecule has 3 rings (SSSR count). The van der Waals surface area contributed by atoms with Gasteiger partial charge < -0.3 is 11.1 Å². The van der Waals surface area contributed by atoms with Gasteiger partial charge in [0.15, 0.2) is 0 Å². The van der Waals surface area contributed by atoms with Crippen LogP contribution < -0.4 is 11.1 Å². The molecule has 0 radical (unpaired) electrons. The minimum Gasteiger partial charge on any atom is -0.397 e. The third-order valence-corrected chi connectivity index (χ3v) is 4.87. The van der Waals surface area contributed by atoms with E-state index in [0.717, 1.165) is 23.5 Å². The molecule has 0 saturated heterocycles. The zero-order chi connectivity index (χ0) is 19.9. The third kappa shape index (κ3) is 5.23. The predicted octanol–water partition coefficient (Wildman–Crippen LogP) is 6.17. The summed E-state index contributed by atoms with van der Waals surface area (Å²) in [6.45, 7) is 4.48. The maximum atomic E-state index is 12.7. The number of nitrogen functional groups attached to an aromatic ring is 1. The van der Waals surface area contributed by atoms with E-state index < -0.39 is 0 Å².